The normalized spacial score (nSPS) is 11.7. The van der Waals surface area contributed by atoms with Crippen LogP contribution in [-0.2, 0) is 10.0 Å². The van der Waals surface area contributed by atoms with E-state index in [1.54, 1.807) is 17.5 Å². The number of thiazole rings is 1. The molecule has 3 rings (SSSR count). The SMILES string of the molecule is O=S(=O)(Nc1nc(-c2ccc(Cl)s2)cs1)c1ccc(Cl)s1. The summed E-state index contributed by atoms with van der Waals surface area (Å²) in [5.41, 5.74) is 0.693. The topological polar surface area (TPSA) is 59.1 Å². The van der Waals surface area contributed by atoms with Gasteiger partial charge in [-0.3, -0.25) is 4.72 Å². The Kier molecular flexibility index (Phi) is 4.26. The quantitative estimate of drug-likeness (QED) is 0.671. The van der Waals surface area contributed by atoms with Crippen LogP contribution in [0.2, 0.25) is 8.67 Å². The summed E-state index contributed by atoms with van der Waals surface area (Å²) in [6.07, 6.45) is 0. The van der Waals surface area contributed by atoms with Crippen LogP contribution in [-0.4, -0.2) is 13.4 Å². The van der Waals surface area contributed by atoms with Gasteiger partial charge >= 0.3 is 0 Å². The number of sulfonamides is 1. The van der Waals surface area contributed by atoms with E-state index in [9.17, 15) is 8.42 Å². The van der Waals surface area contributed by atoms with E-state index in [2.05, 4.69) is 9.71 Å². The van der Waals surface area contributed by atoms with Crippen LogP contribution in [0.4, 0.5) is 5.13 Å². The van der Waals surface area contributed by atoms with Gasteiger partial charge in [0.1, 0.15) is 4.21 Å². The van der Waals surface area contributed by atoms with Crippen LogP contribution in [0.25, 0.3) is 10.6 Å². The predicted molar refractivity (Wildman–Crippen MR) is 90.6 cm³/mol. The fourth-order valence-electron chi connectivity index (χ4n) is 1.49. The maximum Gasteiger partial charge on any atom is 0.273 e. The molecule has 0 aliphatic carbocycles. The van der Waals surface area contributed by atoms with E-state index < -0.39 is 10.0 Å². The monoisotopic (exact) mass is 396 g/mol. The molecule has 0 radical (unpaired) electrons. The van der Waals surface area contributed by atoms with Gasteiger partial charge in [0.05, 0.1) is 19.2 Å². The van der Waals surface area contributed by atoms with Gasteiger partial charge < -0.3 is 0 Å². The molecule has 3 aromatic rings. The van der Waals surface area contributed by atoms with Gasteiger partial charge in [0.25, 0.3) is 10.0 Å². The summed E-state index contributed by atoms with van der Waals surface area (Å²) in [7, 11) is -3.65. The molecule has 3 heterocycles. The standard InChI is InChI=1S/C11H6Cl2N2O2S4/c12-8-2-1-7(19-8)6-5-18-11(14-6)15-21(16,17)10-4-3-9(13)20-10/h1-5H,(H,14,15). The lowest BCUT2D eigenvalue weighted by molar-refractivity contribution is 0.603. The molecule has 1 N–H and O–H groups in total. The minimum absolute atomic E-state index is 0.156. The highest BCUT2D eigenvalue weighted by Gasteiger charge is 2.18. The Hall–Kier alpha value is -0.640. The summed E-state index contributed by atoms with van der Waals surface area (Å²) in [6, 6.07) is 6.63. The fourth-order valence-corrected chi connectivity index (χ4v) is 6.02. The van der Waals surface area contributed by atoms with Crippen molar-refractivity contribution in [1.29, 1.82) is 0 Å². The summed E-state index contributed by atoms with van der Waals surface area (Å²) in [6.45, 7) is 0. The Morgan fingerprint density at radius 1 is 1.05 bits per heavy atom. The van der Waals surface area contributed by atoms with E-state index in [4.69, 9.17) is 23.2 Å². The largest absolute Gasteiger partial charge is 0.273 e. The van der Waals surface area contributed by atoms with Crippen LogP contribution in [0, 0.1) is 0 Å². The lowest BCUT2D eigenvalue weighted by Gasteiger charge is -2.01. The van der Waals surface area contributed by atoms with E-state index in [-0.39, 0.29) is 4.21 Å². The number of nitrogens with zero attached hydrogens (tertiary/aromatic N) is 1. The molecular weight excluding hydrogens is 391 g/mol. The van der Waals surface area contributed by atoms with Crippen molar-refractivity contribution in [2.45, 2.75) is 4.21 Å². The predicted octanol–water partition coefficient (Wildman–Crippen LogP) is 5.04. The molecule has 0 fully saturated rings. The van der Waals surface area contributed by atoms with E-state index in [0.717, 1.165) is 16.2 Å². The van der Waals surface area contributed by atoms with Crippen LogP contribution in [0.1, 0.15) is 0 Å². The maximum atomic E-state index is 12.2. The van der Waals surface area contributed by atoms with Crippen molar-refractivity contribution in [3.8, 4) is 10.6 Å². The van der Waals surface area contributed by atoms with Gasteiger partial charge in [-0.15, -0.1) is 34.0 Å². The van der Waals surface area contributed by atoms with Gasteiger partial charge in [0.15, 0.2) is 5.13 Å². The smallest absolute Gasteiger partial charge is 0.254 e. The minimum Gasteiger partial charge on any atom is -0.254 e. The number of nitrogens with one attached hydrogen (secondary N) is 1. The molecule has 0 amide bonds. The van der Waals surface area contributed by atoms with E-state index >= 15 is 0 Å². The molecule has 0 saturated carbocycles. The zero-order chi connectivity index (χ0) is 15.0. The van der Waals surface area contributed by atoms with E-state index in [1.807, 2.05) is 6.07 Å². The van der Waals surface area contributed by atoms with Crippen molar-refractivity contribution in [2.75, 3.05) is 4.72 Å². The molecule has 4 nitrogen and oxygen atoms in total. The highest BCUT2D eigenvalue weighted by atomic mass is 35.5. The van der Waals surface area contributed by atoms with Crippen molar-refractivity contribution < 1.29 is 8.42 Å². The fraction of sp³-hybridized carbons (Fsp3) is 0. The molecule has 0 spiro atoms. The zero-order valence-corrected chi connectivity index (χ0v) is 14.8. The molecule has 0 aliphatic heterocycles. The van der Waals surface area contributed by atoms with Crippen molar-refractivity contribution in [3.05, 3.63) is 38.3 Å². The second-order valence-electron chi connectivity index (χ2n) is 3.81. The highest BCUT2D eigenvalue weighted by Crippen LogP contribution is 2.34. The molecule has 21 heavy (non-hydrogen) atoms. The van der Waals surface area contributed by atoms with Crippen LogP contribution in [0.3, 0.4) is 0 Å². The summed E-state index contributed by atoms with van der Waals surface area (Å²) in [4.78, 5) is 5.15. The minimum atomic E-state index is -3.65. The first kappa shape index (κ1) is 15.3. The summed E-state index contributed by atoms with van der Waals surface area (Å²) in [5.74, 6) is 0. The average Bonchev–Trinajstić information content (AvgIpc) is 3.10. The number of hydrogen-bond donors (Lipinski definition) is 1. The van der Waals surface area contributed by atoms with Gasteiger partial charge in [0, 0.05) is 5.38 Å². The number of hydrogen-bond acceptors (Lipinski definition) is 6. The van der Waals surface area contributed by atoms with Crippen molar-refractivity contribution >= 4 is 72.4 Å². The molecule has 3 aromatic heterocycles. The number of halogens is 2. The second kappa shape index (κ2) is 5.86. The van der Waals surface area contributed by atoms with Gasteiger partial charge in [0.2, 0.25) is 0 Å². The van der Waals surface area contributed by atoms with Crippen LogP contribution in [0.5, 0.6) is 0 Å². The van der Waals surface area contributed by atoms with Crippen LogP contribution >= 0.6 is 57.2 Å². The van der Waals surface area contributed by atoms with Crippen LogP contribution < -0.4 is 4.72 Å². The first-order valence-corrected chi connectivity index (χ1v) is 10.2. The van der Waals surface area contributed by atoms with Gasteiger partial charge in [-0.25, -0.2) is 13.4 Å². The molecule has 10 heteroatoms. The molecule has 0 aliphatic rings. The first-order chi connectivity index (χ1) is 9.94. The molecule has 0 unspecified atom stereocenters. The number of rotatable bonds is 4. The van der Waals surface area contributed by atoms with Gasteiger partial charge in [-0.2, -0.15) is 0 Å². The molecular formula is C11H6Cl2N2O2S4. The number of aromatic nitrogens is 1. The summed E-state index contributed by atoms with van der Waals surface area (Å²) >= 11 is 15.2. The number of anilines is 1. The second-order valence-corrected chi connectivity index (χ2v) is 10.0. The Labute approximate surface area is 143 Å². The van der Waals surface area contributed by atoms with E-state index in [0.29, 0.717) is 19.5 Å². The summed E-state index contributed by atoms with van der Waals surface area (Å²) in [5, 5.41) is 2.08. The molecule has 0 bridgehead atoms. The zero-order valence-electron chi connectivity index (χ0n) is 10.0. The third-order valence-corrected chi connectivity index (χ3v) is 7.57. The van der Waals surface area contributed by atoms with Gasteiger partial charge in [-0.05, 0) is 24.3 Å². The molecule has 0 aromatic carbocycles. The first-order valence-electron chi connectivity index (χ1n) is 5.43. The third-order valence-electron chi connectivity index (χ3n) is 2.36. The van der Waals surface area contributed by atoms with Crippen LogP contribution in [0.15, 0.2) is 33.9 Å². The maximum absolute atomic E-state index is 12.2. The highest BCUT2D eigenvalue weighted by molar-refractivity contribution is 7.94. The summed E-state index contributed by atoms with van der Waals surface area (Å²) < 4.78 is 28.0. The Morgan fingerprint density at radius 2 is 1.76 bits per heavy atom. The Bertz CT molecular complexity index is 882. The number of thiophene rings is 2. The molecule has 0 atom stereocenters. The van der Waals surface area contributed by atoms with Crippen molar-refractivity contribution in [1.82, 2.24) is 4.98 Å². The van der Waals surface area contributed by atoms with Crippen molar-refractivity contribution in [3.63, 3.8) is 0 Å². The molecule has 110 valence electrons. The Morgan fingerprint density at radius 3 is 2.38 bits per heavy atom. The third kappa shape index (κ3) is 3.41. The van der Waals surface area contributed by atoms with Crippen molar-refractivity contribution in [2.24, 2.45) is 0 Å². The Balaban J connectivity index is 1.84. The average molecular weight is 397 g/mol. The van der Waals surface area contributed by atoms with E-state index in [1.165, 1.54) is 28.7 Å². The lowest BCUT2D eigenvalue weighted by atomic mass is 10.4. The van der Waals surface area contributed by atoms with Gasteiger partial charge in [-0.1, -0.05) is 23.2 Å². The molecule has 0 saturated heterocycles. The lowest BCUT2D eigenvalue weighted by Crippen LogP contribution is -2.11.